The number of halogens is 3. The lowest BCUT2D eigenvalue weighted by atomic mass is 10.1. The van der Waals surface area contributed by atoms with E-state index in [0.29, 0.717) is 4.88 Å². The standard InChI is InChI=1S/C16H10F3N3O2S2/c1-22-13(23)6-12(15(22)24)26-14-8(7-20)9(16(17,18)19)5-10(21-14)11-3-2-4-25-11/h2-5,12H,6H2,1H3. The van der Waals surface area contributed by atoms with Gasteiger partial charge in [-0.2, -0.15) is 18.4 Å². The van der Waals surface area contributed by atoms with Crippen LogP contribution in [0.3, 0.4) is 0 Å². The minimum atomic E-state index is -4.75. The highest BCUT2D eigenvalue weighted by Crippen LogP contribution is 2.40. The van der Waals surface area contributed by atoms with Crippen molar-refractivity contribution in [3.05, 3.63) is 34.7 Å². The number of pyridine rings is 1. The van der Waals surface area contributed by atoms with E-state index in [1.807, 2.05) is 0 Å². The number of thioether (sulfide) groups is 1. The van der Waals surface area contributed by atoms with Gasteiger partial charge in [-0.05, 0) is 17.5 Å². The third kappa shape index (κ3) is 3.32. The third-order valence-electron chi connectivity index (χ3n) is 3.77. The first-order valence-corrected chi connectivity index (χ1v) is 9.01. The molecule has 134 valence electrons. The van der Waals surface area contributed by atoms with Crippen LogP contribution in [0.1, 0.15) is 17.5 Å². The van der Waals surface area contributed by atoms with Crippen LogP contribution < -0.4 is 0 Å². The molecule has 0 saturated carbocycles. The van der Waals surface area contributed by atoms with Crippen LogP contribution in [0.15, 0.2) is 28.6 Å². The average Bonchev–Trinajstić information content (AvgIpc) is 3.19. The van der Waals surface area contributed by atoms with Gasteiger partial charge in [-0.1, -0.05) is 17.8 Å². The quantitative estimate of drug-likeness (QED) is 0.741. The highest BCUT2D eigenvalue weighted by Gasteiger charge is 2.40. The lowest BCUT2D eigenvalue weighted by Crippen LogP contribution is -2.26. The van der Waals surface area contributed by atoms with Crippen LogP contribution in [-0.4, -0.2) is 34.0 Å². The number of carbonyl (C=O) groups is 2. The van der Waals surface area contributed by atoms with Gasteiger partial charge in [0.1, 0.15) is 11.1 Å². The Hall–Kier alpha value is -2.38. The normalized spacial score (nSPS) is 17.7. The molecule has 0 spiro atoms. The molecule has 5 nitrogen and oxygen atoms in total. The largest absolute Gasteiger partial charge is 0.417 e. The molecule has 0 radical (unpaired) electrons. The molecule has 1 unspecified atom stereocenters. The van der Waals surface area contributed by atoms with Crippen LogP contribution >= 0.6 is 23.1 Å². The summed E-state index contributed by atoms with van der Waals surface area (Å²) in [7, 11) is 1.31. The molecule has 0 aromatic carbocycles. The molecule has 3 heterocycles. The van der Waals surface area contributed by atoms with Crippen LogP contribution in [0, 0.1) is 11.3 Å². The fraction of sp³-hybridized carbons (Fsp3) is 0.250. The van der Waals surface area contributed by atoms with E-state index in [9.17, 15) is 28.0 Å². The summed E-state index contributed by atoms with van der Waals surface area (Å²) in [6, 6.07) is 5.67. The molecule has 2 aromatic rings. The molecule has 1 atom stereocenters. The number of likely N-dealkylation sites (tertiary alicyclic amines) is 1. The maximum absolute atomic E-state index is 13.4. The van der Waals surface area contributed by atoms with Crippen LogP contribution in [0.5, 0.6) is 0 Å². The molecule has 3 rings (SSSR count). The molecule has 1 saturated heterocycles. The molecule has 2 aromatic heterocycles. The molecule has 0 bridgehead atoms. The van der Waals surface area contributed by atoms with Crippen molar-refractivity contribution in [3.63, 3.8) is 0 Å². The Morgan fingerprint density at radius 2 is 2.15 bits per heavy atom. The Balaban J connectivity index is 2.11. The van der Waals surface area contributed by atoms with E-state index in [1.54, 1.807) is 23.6 Å². The topological polar surface area (TPSA) is 74.1 Å². The highest BCUT2D eigenvalue weighted by atomic mass is 32.2. The minimum absolute atomic E-state index is 0.0685. The minimum Gasteiger partial charge on any atom is -0.285 e. The first-order chi connectivity index (χ1) is 12.2. The summed E-state index contributed by atoms with van der Waals surface area (Å²) < 4.78 is 40.3. The molecule has 0 aliphatic carbocycles. The predicted molar refractivity (Wildman–Crippen MR) is 89.3 cm³/mol. The number of rotatable bonds is 3. The number of nitriles is 1. The maximum atomic E-state index is 13.4. The molecule has 26 heavy (non-hydrogen) atoms. The molecular formula is C16H10F3N3O2S2. The number of thiophene rings is 1. The van der Waals surface area contributed by atoms with Gasteiger partial charge in [-0.15, -0.1) is 11.3 Å². The number of nitrogens with zero attached hydrogens (tertiary/aromatic N) is 3. The lowest BCUT2D eigenvalue weighted by Gasteiger charge is -2.15. The van der Waals surface area contributed by atoms with Gasteiger partial charge < -0.3 is 0 Å². The van der Waals surface area contributed by atoms with Crippen molar-refractivity contribution in [3.8, 4) is 16.6 Å². The van der Waals surface area contributed by atoms with Gasteiger partial charge in [-0.3, -0.25) is 14.5 Å². The Morgan fingerprint density at radius 3 is 2.65 bits per heavy atom. The van der Waals surface area contributed by atoms with Crippen molar-refractivity contribution < 1.29 is 22.8 Å². The zero-order chi connectivity index (χ0) is 19.1. The first-order valence-electron chi connectivity index (χ1n) is 7.25. The smallest absolute Gasteiger partial charge is 0.285 e. The molecule has 2 amide bonds. The zero-order valence-electron chi connectivity index (χ0n) is 13.2. The number of imide groups is 1. The molecule has 1 aliphatic rings. The van der Waals surface area contributed by atoms with Gasteiger partial charge in [0.2, 0.25) is 11.8 Å². The van der Waals surface area contributed by atoms with Crippen molar-refractivity contribution in [1.29, 1.82) is 5.26 Å². The van der Waals surface area contributed by atoms with E-state index in [0.717, 1.165) is 22.7 Å². The van der Waals surface area contributed by atoms with E-state index >= 15 is 0 Å². The molecule has 1 fully saturated rings. The van der Waals surface area contributed by atoms with E-state index < -0.39 is 34.4 Å². The van der Waals surface area contributed by atoms with Gasteiger partial charge in [0.15, 0.2) is 0 Å². The van der Waals surface area contributed by atoms with Crippen molar-refractivity contribution >= 4 is 34.9 Å². The van der Waals surface area contributed by atoms with Crippen molar-refractivity contribution in [1.82, 2.24) is 9.88 Å². The van der Waals surface area contributed by atoms with Crippen LogP contribution in [0.25, 0.3) is 10.6 Å². The second kappa shape index (κ2) is 6.74. The zero-order valence-corrected chi connectivity index (χ0v) is 14.8. The Kier molecular flexibility index (Phi) is 4.77. The number of hydrogen-bond donors (Lipinski definition) is 0. The van der Waals surface area contributed by atoms with Crippen LogP contribution in [0.2, 0.25) is 0 Å². The summed E-state index contributed by atoms with van der Waals surface area (Å²) in [5.74, 6) is -0.933. The maximum Gasteiger partial charge on any atom is 0.417 e. The summed E-state index contributed by atoms with van der Waals surface area (Å²) in [6.07, 6.45) is -4.89. The first kappa shape index (κ1) is 18.4. The third-order valence-corrected chi connectivity index (χ3v) is 5.83. The number of aromatic nitrogens is 1. The number of alkyl halides is 3. The van der Waals surface area contributed by atoms with Crippen molar-refractivity contribution in [2.24, 2.45) is 0 Å². The SMILES string of the molecule is CN1C(=O)CC(Sc2nc(-c3cccs3)cc(C(F)(F)F)c2C#N)C1=O. The lowest BCUT2D eigenvalue weighted by molar-refractivity contribution is -0.138. The van der Waals surface area contributed by atoms with Crippen molar-refractivity contribution in [2.45, 2.75) is 22.9 Å². The molecule has 0 N–H and O–H groups in total. The average molecular weight is 397 g/mol. The molecule has 1 aliphatic heterocycles. The van der Waals surface area contributed by atoms with Gasteiger partial charge >= 0.3 is 6.18 Å². The number of carbonyl (C=O) groups excluding carboxylic acids is 2. The Morgan fingerprint density at radius 1 is 1.42 bits per heavy atom. The van der Waals surface area contributed by atoms with E-state index in [1.165, 1.54) is 18.4 Å². The summed E-state index contributed by atoms with van der Waals surface area (Å²) in [4.78, 5) is 29.3. The van der Waals surface area contributed by atoms with E-state index in [-0.39, 0.29) is 17.1 Å². The second-order valence-electron chi connectivity index (χ2n) is 5.42. The van der Waals surface area contributed by atoms with Gasteiger partial charge in [0.25, 0.3) is 0 Å². The molecule has 10 heteroatoms. The van der Waals surface area contributed by atoms with Gasteiger partial charge in [-0.25, -0.2) is 4.98 Å². The van der Waals surface area contributed by atoms with Crippen molar-refractivity contribution in [2.75, 3.05) is 7.05 Å². The number of amides is 2. The summed E-state index contributed by atoms with van der Waals surface area (Å²) in [5, 5.41) is 9.86. The summed E-state index contributed by atoms with van der Waals surface area (Å²) >= 11 is 1.93. The Labute approximate surface area is 154 Å². The monoisotopic (exact) mass is 397 g/mol. The van der Waals surface area contributed by atoms with Gasteiger partial charge in [0.05, 0.1) is 26.9 Å². The van der Waals surface area contributed by atoms with Crippen LogP contribution in [-0.2, 0) is 15.8 Å². The highest BCUT2D eigenvalue weighted by molar-refractivity contribution is 8.00. The van der Waals surface area contributed by atoms with E-state index in [2.05, 4.69) is 4.98 Å². The van der Waals surface area contributed by atoms with E-state index in [4.69, 9.17) is 0 Å². The van der Waals surface area contributed by atoms with Crippen LogP contribution in [0.4, 0.5) is 13.2 Å². The number of hydrogen-bond acceptors (Lipinski definition) is 6. The fourth-order valence-corrected chi connectivity index (χ4v) is 4.30. The second-order valence-corrected chi connectivity index (χ2v) is 7.56. The fourth-order valence-electron chi connectivity index (χ4n) is 2.44. The van der Waals surface area contributed by atoms with Gasteiger partial charge in [0, 0.05) is 13.5 Å². The summed E-state index contributed by atoms with van der Waals surface area (Å²) in [5.41, 5.74) is -1.68. The summed E-state index contributed by atoms with van der Waals surface area (Å²) in [6.45, 7) is 0. The molecular weight excluding hydrogens is 387 g/mol. The Bertz CT molecular complexity index is 920. The predicted octanol–water partition coefficient (Wildman–Crippen LogP) is 3.55.